The number of carbonyl (C=O) groups is 2. The number of fused-ring (bicyclic) bond motifs is 1. The third kappa shape index (κ3) is 5.57. The summed E-state index contributed by atoms with van der Waals surface area (Å²) in [6, 6.07) is 7.19. The Morgan fingerprint density at radius 1 is 1.19 bits per heavy atom. The normalized spacial score (nSPS) is 10.9. The van der Waals surface area contributed by atoms with Crippen LogP contribution in [0.1, 0.15) is 17.5 Å². The molecule has 2 aromatic heterocycles. The summed E-state index contributed by atoms with van der Waals surface area (Å²) in [4.78, 5) is 45.4. The van der Waals surface area contributed by atoms with Gasteiger partial charge in [-0.3, -0.25) is 14.2 Å². The van der Waals surface area contributed by atoms with Crippen LogP contribution in [0.15, 0.2) is 29.1 Å². The maximum Gasteiger partial charge on any atom is 0.328 e. The number of methoxy groups -OCH3 is 1. The number of aromatic nitrogens is 4. The van der Waals surface area contributed by atoms with Gasteiger partial charge in [-0.15, -0.1) is 0 Å². The monoisotopic (exact) mass is 430 g/mol. The highest BCUT2D eigenvalue weighted by Crippen LogP contribution is 2.18. The van der Waals surface area contributed by atoms with Gasteiger partial charge in [0.25, 0.3) is 0 Å². The fourth-order valence-corrected chi connectivity index (χ4v) is 2.80. The van der Waals surface area contributed by atoms with Crippen molar-refractivity contribution in [3.8, 4) is 6.01 Å². The number of benzene rings is 1. The van der Waals surface area contributed by atoms with Crippen molar-refractivity contribution < 1.29 is 24.2 Å². The molecule has 3 aromatic rings. The number of carboxylic acid groups (broad SMARTS) is 1. The molecule has 3 rings (SSSR count). The number of hydrogen-bond donors (Lipinski definition) is 4. The molecule has 0 aliphatic carbocycles. The Morgan fingerprint density at radius 2 is 1.90 bits per heavy atom. The van der Waals surface area contributed by atoms with Gasteiger partial charge in [0.05, 0.1) is 13.2 Å². The van der Waals surface area contributed by atoms with Gasteiger partial charge < -0.3 is 30.6 Å². The first-order valence-corrected chi connectivity index (χ1v) is 9.31. The number of hydrogen-bond acceptors (Lipinski definition) is 8. The lowest BCUT2D eigenvalue weighted by Gasteiger charge is -2.08. The van der Waals surface area contributed by atoms with E-state index in [4.69, 9.17) is 20.3 Å². The SMILES string of the molecule is COCCOc1nc(N)c2[nH]c(=O)n(Cc3ccc(CNC(=O)CC(=O)O)cc3)c2n1. The Labute approximate surface area is 176 Å². The van der Waals surface area contributed by atoms with E-state index in [1.807, 2.05) is 0 Å². The first kappa shape index (κ1) is 21.8. The molecule has 0 radical (unpaired) electrons. The van der Waals surface area contributed by atoms with Crippen LogP contribution in [0.2, 0.25) is 0 Å². The fourth-order valence-electron chi connectivity index (χ4n) is 2.80. The maximum absolute atomic E-state index is 12.4. The summed E-state index contributed by atoms with van der Waals surface area (Å²) in [6.45, 7) is 1.01. The lowest BCUT2D eigenvalue weighted by atomic mass is 10.1. The molecule has 12 nitrogen and oxygen atoms in total. The highest BCUT2D eigenvalue weighted by atomic mass is 16.5. The van der Waals surface area contributed by atoms with Crippen molar-refractivity contribution in [3.63, 3.8) is 0 Å². The molecule has 164 valence electrons. The molecule has 5 N–H and O–H groups in total. The summed E-state index contributed by atoms with van der Waals surface area (Å²) in [5, 5.41) is 11.1. The van der Waals surface area contributed by atoms with Crippen LogP contribution in [-0.2, 0) is 27.4 Å². The Bertz CT molecular complexity index is 1140. The summed E-state index contributed by atoms with van der Waals surface area (Å²) in [5.41, 5.74) is 7.76. The van der Waals surface area contributed by atoms with Crippen molar-refractivity contribution in [2.45, 2.75) is 19.5 Å². The maximum atomic E-state index is 12.4. The van der Waals surface area contributed by atoms with E-state index in [0.717, 1.165) is 11.1 Å². The topological polar surface area (TPSA) is 174 Å². The predicted octanol–water partition coefficient (Wildman–Crippen LogP) is -0.134. The molecule has 0 aliphatic rings. The molecule has 0 aliphatic heterocycles. The average Bonchev–Trinajstić information content (AvgIpc) is 3.03. The number of nitrogens with one attached hydrogen (secondary N) is 2. The first-order valence-electron chi connectivity index (χ1n) is 9.31. The Hall–Kier alpha value is -3.93. The third-order valence-corrected chi connectivity index (χ3v) is 4.31. The van der Waals surface area contributed by atoms with Gasteiger partial charge in [0.15, 0.2) is 11.5 Å². The highest BCUT2D eigenvalue weighted by molar-refractivity contribution is 5.93. The molecule has 0 bridgehead atoms. The van der Waals surface area contributed by atoms with E-state index >= 15 is 0 Å². The van der Waals surface area contributed by atoms with Gasteiger partial charge in [-0.2, -0.15) is 9.97 Å². The first-order chi connectivity index (χ1) is 14.9. The lowest BCUT2D eigenvalue weighted by Crippen LogP contribution is -2.25. The minimum atomic E-state index is -1.19. The number of H-pyrrole nitrogens is 1. The zero-order valence-corrected chi connectivity index (χ0v) is 16.8. The number of aliphatic carboxylic acids is 1. The van der Waals surface area contributed by atoms with Crippen molar-refractivity contribution in [1.29, 1.82) is 0 Å². The van der Waals surface area contributed by atoms with Crippen molar-refractivity contribution >= 4 is 28.9 Å². The Morgan fingerprint density at radius 3 is 2.58 bits per heavy atom. The molecule has 31 heavy (non-hydrogen) atoms. The van der Waals surface area contributed by atoms with Gasteiger partial charge >= 0.3 is 17.7 Å². The number of rotatable bonds is 10. The predicted molar refractivity (Wildman–Crippen MR) is 110 cm³/mol. The molecule has 2 heterocycles. The van der Waals surface area contributed by atoms with E-state index in [2.05, 4.69) is 20.3 Å². The number of nitrogens with zero attached hydrogens (tertiary/aromatic N) is 3. The Balaban J connectivity index is 1.75. The van der Waals surface area contributed by atoms with E-state index < -0.39 is 24.0 Å². The molecule has 0 saturated heterocycles. The van der Waals surface area contributed by atoms with Gasteiger partial charge in [-0.25, -0.2) is 4.79 Å². The number of nitrogen functional groups attached to an aromatic ring is 1. The summed E-state index contributed by atoms with van der Waals surface area (Å²) in [7, 11) is 1.54. The second-order valence-corrected chi connectivity index (χ2v) is 6.61. The van der Waals surface area contributed by atoms with E-state index in [0.29, 0.717) is 17.8 Å². The number of imidazole rings is 1. The molecule has 0 spiro atoms. The molecule has 0 atom stereocenters. The number of carboxylic acids is 1. The van der Waals surface area contributed by atoms with Crippen molar-refractivity contribution in [3.05, 3.63) is 45.9 Å². The second-order valence-electron chi connectivity index (χ2n) is 6.61. The van der Waals surface area contributed by atoms with Crippen molar-refractivity contribution in [1.82, 2.24) is 24.8 Å². The van der Waals surface area contributed by atoms with Gasteiger partial charge in [0.1, 0.15) is 18.5 Å². The molecule has 12 heteroatoms. The molecule has 1 amide bonds. The standard InChI is InChI=1S/C19H22N6O6/c1-30-6-7-31-18-23-16(20)15-17(24-18)25(19(29)22-15)10-12-4-2-11(3-5-12)9-21-13(26)8-14(27)28/h2-5H,6-10H2,1H3,(H,21,26)(H,22,29)(H,27,28)(H2,20,23,24). The van der Waals surface area contributed by atoms with Gasteiger partial charge in [-0.05, 0) is 11.1 Å². The molecule has 0 unspecified atom stereocenters. The van der Waals surface area contributed by atoms with Crippen LogP contribution in [0.3, 0.4) is 0 Å². The zero-order valence-electron chi connectivity index (χ0n) is 16.8. The van der Waals surface area contributed by atoms with Crippen molar-refractivity contribution in [2.24, 2.45) is 0 Å². The van der Waals surface area contributed by atoms with E-state index in [9.17, 15) is 14.4 Å². The third-order valence-electron chi connectivity index (χ3n) is 4.31. The van der Waals surface area contributed by atoms with Gasteiger partial charge in [0, 0.05) is 13.7 Å². The van der Waals surface area contributed by atoms with E-state index in [1.165, 1.54) is 4.57 Å². The highest BCUT2D eigenvalue weighted by Gasteiger charge is 2.15. The summed E-state index contributed by atoms with van der Waals surface area (Å²) >= 11 is 0. The summed E-state index contributed by atoms with van der Waals surface area (Å²) < 4.78 is 11.7. The van der Waals surface area contributed by atoms with Gasteiger partial charge in [-0.1, -0.05) is 24.3 Å². The van der Waals surface area contributed by atoms with Crippen LogP contribution >= 0.6 is 0 Å². The number of ether oxygens (including phenoxy) is 2. The fraction of sp³-hybridized carbons (Fsp3) is 0.316. The molecule has 1 aromatic carbocycles. The number of nitrogens with two attached hydrogens (primary N) is 1. The zero-order chi connectivity index (χ0) is 22.4. The lowest BCUT2D eigenvalue weighted by molar-refractivity contribution is -0.140. The molecular formula is C19H22N6O6. The van der Waals surface area contributed by atoms with E-state index in [-0.39, 0.29) is 31.5 Å². The van der Waals surface area contributed by atoms with Crippen LogP contribution in [0.4, 0.5) is 5.82 Å². The molecule has 0 fully saturated rings. The number of anilines is 1. The second kappa shape index (κ2) is 9.71. The summed E-state index contributed by atoms with van der Waals surface area (Å²) in [5.74, 6) is -1.66. The minimum absolute atomic E-state index is 0.0438. The minimum Gasteiger partial charge on any atom is -0.481 e. The van der Waals surface area contributed by atoms with Crippen LogP contribution in [0.5, 0.6) is 6.01 Å². The quantitative estimate of drug-likeness (QED) is 0.252. The van der Waals surface area contributed by atoms with Crippen molar-refractivity contribution in [2.75, 3.05) is 26.1 Å². The smallest absolute Gasteiger partial charge is 0.328 e. The average molecular weight is 430 g/mol. The number of carbonyl (C=O) groups excluding carboxylic acids is 1. The summed E-state index contributed by atoms with van der Waals surface area (Å²) in [6.07, 6.45) is -0.580. The van der Waals surface area contributed by atoms with Gasteiger partial charge in [0.2, 0.25) is 5.91 Å². The Kier molecular flexibility index (Phi) is 6.82. The van der Waals surface area contributed by atoms with Crippen LogP contribution in [0.25, 0.3) is 11.2 Å². The molecule has 0 saturated carbocycles. The van der Waals surface area contributed by atoms with Crippen LogP contribution in [-0.4, -0.2) is 56.8 Å². The largest absolute Gasteiger partial charge is 0.481 e. The van der Waals surface area contributed by atoms with E-state index in [1.54, 1.807) is 31.4 Å². The van der Waals surface area contributed by atoms with Crippen LogP contribution in [0, 0.1) is 0 Å². The number of amides is 1. The molecular weight excluding hydrogens is 408 g/mol. The number of aromatic amines is 1. The van der Waals surface area contributed by atoms with Crippen LogP contribution < -0.4 is 21.5 Å².